The normalized spacial score (nSPS) is 14.1. The summed E-state index contributed by atoms with van der Waals surface area (Å²) in [5, 5.41) is 18.1. The zero-order valence-electron chi connectivity index (χ0n) is 18.7. The van der Waals surface area contributed by atoms with E-state index >= 15 is 0 Å². The number of carbonyl (C=O) groups is 1. The molecule has 0 spiro atoms. The van der Waals surface area contributed by atoms with Gasteiger partial charge in [-0.2, -0.15) is 5.10 Å². The van der Waals surface area contributed by atoms with Crippen molar-refractivity contribution >= 4 is 28.5 Å². The van der Waals surface area contributed by atoms with E-state index < -0.39 is 6.09 Å². The number of fused-ring (bicyclic) bond motifs is 1. The van der Waals surface area contributed by atoms with Crippen LogP contribution in [0.25, 0.3) is 22.2 Å². The third-order valence-electron chi connectivity index (χ3n) is 6.01. The Hall–Kier alpha value is -3.85. The zero-order chi connectivity index (χ0) is 22.9. The number of likely N-dealkylation sites (tertiary alicyclic amines) is 1. The van der Waals surface area contributed by atoms with Gasteiger partial charge in [0.1, 0.15) is 11.6 Å². The number of benzene rings is 1. The summed E-state index contributed by atoms with van der Waals surface area (Å²) >= 11 is 0. The predicted molar refractivity (Wildman–Crippen MR) is 126 cm³/mol. The average Bonchev–Trinajstić information content (AvgIpc) is 3.54. The summed E-state index contributed by atoms with van der Waals surface area (Å²) in [4.78, 5) is 19.0. The monoisotopic (exact) mass is 446 g/mol. The van der Waals surface area contributed by atoms with Gasteiger partial charge < -0.3 is 15.2 Å². The molecule has 0 saturated carbocycles. The summed E-state index contributed by atoms with van der Waals surface area (Å²) in [5.74, 6) is 1.25. The van der Waals surface area contributed by atoms with E-state index in [2.05, 4.69) is 26.4 Å². The molecule has 1 aromatic carbocycles. The number of nitrogens with one attached hydrogen (secondary N) is 1. The number of aryl methyl sites for hydroxylation is 1. The van der Waals surface area contributed by atoms with Crippen LogP contribution in [0.5, 0.6) is 5.75 Å². The second-order valence-corrected chi connectivity index (χ2v) is 8.32. The molecule has 0 atom stereocenters. The molecule has 2 N–H and O–H groups in total. The lowest BCUT2D eigenvalue weighted by Crippen LogP contribution is -2.18. The fourth-order valence-electron chi connectivity index (χ4n) is 4.42. The van der Waals surface area contributed by atoms with Crippen molar-refractivity contribution in [2.24, 2.45) is 7.05 Å². The average molecular weight is 447 g/mol. The van der Waals surface area contributed by atoms with Crippen molar-refractivity contribution in [1.29, 1.82) is 0 Å². The highest BCUT2D eigenvalue weighted by Crippen LogP contribution is 2.32. The number of anilines is 2. The van der Waals surface area contributed by atoms with Crippen LogP contribution in [-0.4, -0.2) is 55.6 Å². The van der Waals surface area contributed by atoms with Crippen LogP contribution in [0, 0.1) is 0 Å². The van der Waals surface area contributed by atoms with Gasteiger partial charge in [0.05, 0.1) is 30.2 Å². The van der Waals surface area contributed by atoms with Crippen molar-refractivity contribution in [3.63, 3.8) is 0 Å². The molecule has 9 heteroatoms. The first-order chi connectivity index (χ1) is 16.0. The van der Waals surface area contributed by atoms with Crippen LogP contribution < -0.4 is 10.1 Å². The van der Waals surface area contributed by atoms with Gasteiger partial charge in [0, 0.05) is 43.0 Å². The fourth-order valence-corrected chi connectivity index (χ4v) is 4.42. The van der Waals surface area contributed by atoms with Gasteiger partial charge in [-0.1, -0.05) is 6.07 Å². The van der Waals surface area contributed by atoms with Gasteiger partial charge in [-0.05, 0) is 49.7 Å². The van der Waals surface area contributed by atoms with Crippen LogP contribution >= 0.6 is 0 Å². The molecule has 4 heterocycles. The third-order valence-corrected chi connectivity index (χ3v) is 6.01. The Labute approximate surface area is 191 Å². The lowest BCUT2D eigenvalue weighted by Gasteiger charge is -2.17. The Morgan fingerprint density at radius 1 is 1.18 bits per heavy atom. The standard InChI is InChI=1S/C24H26N6O3/c1-28-15-18(13-26-28)20-10-17-12-25-23(11-21(17)30(20)24(31)32)27-19-6-5-16(9-22(19)33-2)14-29-7-3-4-8-29/h5-6,9-13,15H,3-4,7-8,14H2,1-2H3,(H,25,27)(H,31,32). The van der Waals surface area contributed by atoms with Crippen molar-refractivity contribution in [3.8, 4) is 17.0 Å². The molecule has 1 aliphatic rings. The number of methoxy groups -OCH3 is 1. The molecule has 3 aromatic heterocycles. The lowest BCUT2D eigenvalue weighted by molar-refractivity contribution is 0.198. The molecule has 9 nitrogen and oxygen atoms in total. The fraction of sp³-hybridized carbons (Fsp3) is 0.292. The number of rotatable bonds is 6. The number of pyridine rings is 1. The van der Waals surface area contributed by atoms with E-state index in [1.807, 2.05) is 18.2 Å². The summed E-state index contributed by atoms with van der Waals surface area (Å²) in [7, 11) is 3.44. The predicted octanol–water partition coefficient (Wildman–Crippen LogP) is 4.31. The highest BCUT2D eigenvalue weighted by Gasteiger charge is 2.18. The van der Waals surface area contributed by atoms with Gasteiger partial charge in [0.25, 0.3) is 0 Å². The first kappa shape index (κ1) is 21.0. The first-order valence-electron chi connectivity index (χ1n) is 10.9. The van der Waals surface area contributed by atoms with Gasteiger partial charge in [-0.25, -0.2) is 14.3 Å². The smallest absolute Gasteiger partial charge is 0.416 e. The molecule has 1 saturated heterocycles. The van der Waals surface area contributed by atoms with E-state index in [-0.39, 0.29) is 0 Å². The minimum absolute atomic E-state index is 0.534. The van der Waals surface area contributed by atoms with Crippen LogP contribution in [-0.2, 0) is 13.6 Å². The van der Waals surface area contributed by atoms with E-state index in [1.54, 1.807) is 43.5 Å². The Kier molecular flexibility index (Phi) is 5.47. The summed E-state index contributed by atoms with van der Waals surface area (Å²) in [5.41, 5.74) is 3.79. The molecule has 4 aromatic rings. The van der Waals surface area contributed by atoms with Crippen LogP contribution in [0.2, 0.25) is 0 Å². The Morgan fingerprint density at radius 2 is 2.00 bits per heavy atom. The second kappa shape index (κ2) is 8.59. The Morgan fingerprint density at radius 3 is 2.70 bits per heavy atom. The minimum atomic E-state index is -1.06. The van der Waals surface area contributed by atoms with E-state index in [4.69, 9.17) is 4.74 Å². The second-order valence-electron chi connectivity index (χ2n) is 8.32. The summed E-state index contributed by atoms with van der Waals surface area (Å²) in [6, 6.07) is 9.65. The molecule has 0 radical (unpaired) electrons. The maximum absolute atomic E-state index is 12.1. The number of nitrogens with zero attached hydrogens (tertiary/aromatic N) is 5. The first-order valence-corrected chi connectivity index (χ1v) is 10.9. The van der Waals surface area contributed by atoms with Crippen molar-refractivity contribution in [2.75, 3.05) is 25.5 Å². The van der Waals surface area contributed by atoms with E-state index in [0.717, 1.165) is 42.0 Å². The molecule has 0 amide bonds. The number of hydrogen-bond acceptors (Lipinski definition) is 6. The summed E-state index contributed by atoms with van der Waals surface area (Å²) < 4.78 is 8.52. The van der Waals surface area contributed by atoms with E-state index in [0.29, 0.717) is 17.0 Å². The summed E-state index contributed by atoms with van der Waals surface area (Å²) in [6.45, 7) is 3.18. The van der Waals surface area contributed by atoms with Crippen molar-refractivity contribution < 1.29 is 14.6 Å². The van der Waals surface area contributed by atoms with E-state index in [9.17, 15) is 9.90 Å². The van der Waals surface area contributed by atoms with Gasteiger partial charge in [0.2, 0.25) is 0 Å². The van der Waals surface area contributed by atoms with Gasteiger partial charge in [-0.15, -0.1) is 0 Å². The zero-order valence-corrected chi connectivity index (χ0v) is 18.7. The molecule has 170 valence electrons. The highest BCUT2D eigenvalue weighted by molar-refractivity contribution is 5.96. The number of aromatic nitrogens is 4. The molecular weight excluding hydrogens is 420 g/mol. The maximum Gasteiger partial charge on any atom is 0.416 e. The van der Waals surface area contributed by atoms with Crippen LogP contribution in [0.3, 0.4) is 0 Å². The van der Waals surface area contributed by atoms with Crippen LogP contribution in [0.4, 0.5) is 16.3 Å². The van der Waals surface area contributed by atoms with Crippen molar-refractivity contribution in [1.82, 2.24) is 24.2 Å². The van der Waals surface area contributed by atoms with Crippen LogP contribution in [0.1, 0.15) is 18.4 Å². The van der Waals surface area contributed by atoms with Gasteiger partial charge in [0.15, 0.2) is 0 Å². The largest absolute Gasteiger partial charge is 0.495 e. The van der Waals surface area contributed by atoms with Gasteiger partial charge >= 0.3 is 6.09 Å². The number of ether oxygens (including phenoxy) is 1. The molecule has 0 aliphatic carbocycles. The van der Waals surface area contributed by atoms with Crippen LogP contribution in [0.15, 0.2) is 48.9 Å². The molecule has 5 rings (SSSR count). The lowest BCUT2D eigenvalue weighted by atomic mass is 10.1. The Bertz CT molecular complexity index is 1320. The molecule has 1 aliphatic heterocycles. The number of carboxylic acid groups (broad SMARTS) is 1. The SMILES string of the molecule is COc1cc(CN2CCCC2)ccc1Nc1cc2c(cn1)cc(-c1cnn(C)c1)n2C(=O)O. The minimum Gasteiger partial charge on any atom is -0.495 e. The molecule has 33 heavy (non-hydrogen) atoms. The molecule has 0 bridgehead atoms. The topological polar surface area (TPSA) is 97.4 Å². The van der Waals surface area contributed by atoms with E-state index in [1.165, 1.54) is 23.0 Å². The molecular formula is C24H26N6O3. The molecule has 1 fully saturated rings. The third kappa shape index (κ3) is 4.14. The number of hydrogen-bond donors (Lipinski definition) is 2. The molecule has 0 unspecified atom stereocenters. The van der Waals surface area contributed by atoms with Gasteiger partial charge in [-0.3, -0.25) is 9.58 Å². The van der Waals surface area contributed by atoms with Crippen molar-refractivity contribution in [2.45, 2.75) is 19.4 Å². The highest BCUT2D eigenvalue weighted by atomic mass is 16.5. The maximum atomic E-state index is 12.1. The summed E-state index contributed by atoms with van der Waals surface area (Å²) in [6.07, 6.45) is 6.55. The van der Waals surface area contributed by atoms with Crippen molar-refractivity contribution in [3.05, 3.63) is 54.5 Å². The Balaban J connectivity index is 1.46. The quantitative estimate of drug-likeness (QED) is 0.455.